The molecular weight excluding hydrogens is 232 g/mol. The van der Waals surface area contributed by atoms with Crippen LogP contribution in [0.4, 0.5) is 0 Å². The zero-order valence-electron chi connectivity index (χ0n) is 13.7. The van der Waals surface area contributed by atoms with Crippen molar-refractivity contribution in [1.29, 1.82) is 0 Å². The third-order valence-electron chi connectivity index (χ3n) is 4.39. The zero-order valence-corrected chi connectivity index (χ0v) is 13.7. The highest BCUT2D eigenvalue weighted by molar-refractivity contribution is 4.78. The Morgan fingerprint density at radius 2 is 1.58 bits per heavy atom. The van der Waals surface area contributed by atoms with E-state index >= 15 is 0 Å². The second-order valence-electron chi connectivity index (χ2n) is 7.46. The van der Waals surface area contributed by atoms with Crippen molar-refractivity contribution in [3.05, 3.63) is 0 Å². The Balaban J connectivity index is 2.37. The van der Waals surface area contributed by atoms with Crippen LogP contribution < -0.4 is 5.73 Å². The van der Waals surface area contributed by atoms with Crippen molar-refractivity contribution >= 4 is 0 Å². The van der Waals surface area contributed by atoms with E-state index in [1.54, 1.807) is 0 Å². The van der Waals surface area contributed by atoms with Gasteiger partial charge in [-0.2, -0.15) is 0 Å². The summed E-state index contributed by atoms with van der Waals surface area (Å²) in [6, 6.07) is 0.468. The molecule has 0 aliphatic heterocycles. The van der Waals surface area contributed by atoms with Gasteiger partial charge in [-0.05, 0) is 62.9 Å². The summed E-state index contributed by atoms with van der Waals surface area (Å²) in [5.74, 6) is 2.48. The average Bonchev–Trinajstić information content (AvgIpc) is 2.32. The molecular formula is C17H36N2. The maximum atomic E-state index is 6.13. The Morgan fingerprint density at radius 3 is 2.05 bits per heavy atom. The summed E-state index contributed by atoms with van der Waals surface area (Å²) in [5, 5.41) is 0. The number of nitrogens with two attached hydrogens (primary N) is 1. The van der Waals surface area contributed by atoms with Gasteiger partial charge in [0, 0.05) is 12.6 Å². The molecule has 19 heavy (non-hydrogen) atoms. The van der Waals surface area contributed by atoms with Crippen LogP contribution in [0.2, 0.25) is 0 Å². The average molecular weight is 268 g/mol. The molecule has 1 saturated carbocycles. The highest BCUT2D eigenvalue weighted by Crippen LogP contribution is 2.24. The first-order chi connectivity index (χ1) is 8.97. The molecule has 1 rings (SSSR count). The topological polar surface area (TPSA) is 29.3 Å². The number of hydrogen-bond donors (Lipinski definition) is 1. The highest BCUT2D eigenvalue weighted by Gasteiger charge is 2.21. The lowest BCUT2D eigenvalue weighted by Crippen LogP contribution is -2.37. The quantitative estimate of drug-likeness (QED) is 0.723. The largest absolute Gasteiger partial charge is 0.328 e. The van der Waals surface area contributed by atoms with E-state index in [9.17, 15) is 0 Å². The normalized spacial score (nSPS) is 24.6. The molecule has 0 aromatic carbocycles. The molecule has 114 valence electrons. The van der Waals surface area contributed by atoms with Crippen molar-refractivity contribution < 1.29 is 0 Å². The first-order valence-electron chi connectivity index (χ1n) is 8.45. The minimum absolute atomic E-state index is 0.468. The van der Waals surface area contributed by atoms with Crippen LogP contribution in [0, 0.1) is 17.8 Å². The molecule has 1 aliphatic carbocycles. The SMILES string of the molecule is CC(C)CCN(CCC(C)C)CC1CCCC(N)C1. The van der Waals surface area contributed by atoms with Gasteiger partial charge in [0.2, 0.25) is 0 Å². The molecule has 1 aliphatic rings. The summed E-state index contributed by atoms with van der Waals surface area (Å²) < 4.78 is 0. The van der Waals surface area contributed by atoms with Gasteiger partial charge >= 0.3 is 0 Å². The molecule has 0 bridgehead atoms. The molecule has 0 aromatic rings. The van der Waals surface area contributed by atoms with Gasteiger partial charge in [0.05, 0.1) is 0 Å². The predicted molar refractivity (Wildman–Crippen MR) is 85.3 cm³/mol. The van der Waals surface area contributed by atoms with Gasteiger partial charge in [0.25, 0.3) is 0 Å². The van der Waals surface area contributed by atoms with Gasteiger partial charge in [-0.1, -0.05) is 34.1 Å². The van der Waals surface area contributed by atoms with Gasteiger partial charge in [-0.25, -0.2) is 0 Å². The number of nitrogens with zero attached hydrogens (tertiary/aromatic N) is 1. The first-order valence-corrected chi connectivity index (χ1v) is 8.45. The Bertz CT molecular complexity index is 213. The maximum Gasteiger partial charge on any atom is 0.00419 e. The number of hydrogen-bond acceptors (Lipinski definition) is 2. The van der Waals surface area contributed by atoms with Crippen LogP contribution in [0.1, 0.15) is 66.2 Å². The molecule has 0 aromatic heterocycles. The molecule has 2 nitrogen and oxygen atoms in total. The van der Waals surface area contributed by atoms with E-state index in [2.05, 4.69) is 32.6 Å². The van der Waals surface area contributed by atoms with Crippen molar-refractivity contribution in [2.45, 2.75) is 72.3 Å². The highest BCUT2D eigenvalue weighted by atomic mass is 15.1. The molecule has 2 N–H and O–H groups in total. The molecule has 0 saturated heterocycles. The third-order valence-corrected chi connectivity index (χ3v) is 4.39. The van der Waals surface area contributed by atoms with Crippen molar-refractivity contribution in [1.82, 2.24) is 4.90 Å². The minimum atomic E-state index is 0.468. The summed E-state index contributed by atoms with van der Waals surface area (Å²) in [4.78, 5) is 2.71. The van der Waals surface area contributed by atoms with Gasteiger partial charge in [-0.3, -0.25) is 0 Å². The Labute approximate surface area is 121 Å². The summed E-state index contributed by atoms with van der Waals surface area (Å²) in [6.07, 6.45) is 7.89. The lowest BCUT2D eigenvalue weighted by molar-refractivity contribution is 0.178. The van der Waals surface area contributed by atoms with E-state index in [-0.39, 0.29) is 0 Å². The van der Waals surface area contributed by atoms with Crippen molar-refractivity contribution in [3.63, 3.8) is 0 Å². The van der Waals surface area contributed by atoms with E-state index in [1.165, 1.54) is 58.2 Å². The summed E-state index contributed by atoms with van der Waals surface area (Å²) in [7, 11) is 0. The van der Waals surface area contributed by atoms with Crippen LogP contribution in [-0.2, 0) is 0 Å². The van der Waals surface area contributed by atoms with Crippen LogP contribution in [0.3, 0.4) is 0 Å². The van der Waals surface area contributed by atoms with Crippen LogP contribution in [0.25, 0.3) is 0 Å². The summed E-state index contributed by atoms with van der Waals surface area (Å²) >= 11 is 0. The minimum Gasteiger partial charge on any atom is -0.328 e. The Kier molecular flexibility index (Phi) is 8.01. The maximum absolute atomic E-state index is 6.13. The Morgan fingerprint density at radius 1 is 1.00 bits per heavy atom. The predicted octanol–water partition coefficient (Wildman–Crippen LogP) is 3.90. The van der Waals surface area contributed by atoms with Gasteiger partial charge < -0.3 is 10.6 Å². The second kappa shape index (κ2) is 8.97. The molecule has 0 amide bonds. The second-order valence-corrected chi connectivity index (χ2v) is 7.46. The van der Waals surface area contributed by atoms with Crippen LogP contribution in [0.15, 0.2) is 0 Å². The molecule has 1 fully saturated rings. The number of rotatable bonds is 8. The van der Waals surface area contributed by atoms with Crippen molar-refractivity contribution in [3.8, 4) is 0 Å². The first kappa shape index (κ1) is 17.0. The van der Waals surface area contributed by atoms with E-state index in [0.717, 1.165) is 17.8 Å². The van der Waals surface area contributed by atoms with Crippen LogP contribution in [-0.4, -0.2) is 30.6 Å². The molecule has 2 atom stereocenters. The van der Waals surface area contributed by atoms with E-state index < -0.39 is 0 Å². The lowest BCUT2D eigenvalue weighted by Gasteiger charge is -2.32. The smallest absolute Gasteiger partial charge is 0.00419 e. The van der Waals surface area contributed by atoms with E-state index in [1.807, 2.05) is 0 Å². The summed E-state index contributed by atoms with van der Waals surface area (Å²) in [6.45, 7) is 13.2. The fourth-order valence-electron chi connectivity index (χ4n) is 3.04. The van der Waals surface area contributed by atoms with Crippen LogP contribution >= 0.6 is 0 Å². The fraction of sp³-hybridized carbons (Fsp3) is 1.00. The van der Waals surface area contributed by atoms with E-state index in [0.29, 0.717) is 6.04 Å². The third kappa shape index (κ3) is 7.94. The lowest BCUT2D eigenvalue weighted by atomic mass is 9.85. The monoisotopic (exact) mass is 268 g/mol. The van der Waals surface area contributed by atoms with Gasteiger partial charge in [0.1, 0.15) is 0 Å². The molecule has 2 heteroatoms. The molecule has 0 spiro atoms. The summed E-state index contributed by atoms with van der Waals surface area (Å²) in [5.41, 5.74) is 6.13. The Hall–Kier alpha value is -0.0800. The molecule has 0 heterocycles. The van der Waals surface area contributed by atoms with Gasteiger partial charge in [0.15, 0.2) is 0 Å². The van der Waals surface area contributed by atoms with Crippen LogP contribution in [0.5, 0.6) is 0 Å². The van der Waals surface area contributed by atoms with E-state index in [4.69, 9.17) is 5.73 Å². The van der Waals surface area contributed by atoms with Crippen molar-refractivity contribution in [2.24, 2.45) is 23.5 Å². The van der Waals surface area contributed by atoms with Gasteiger partial charge in [-0.15, -0.1) is 0 Å². The molecule has 0 radical (unpaired) electrons. The molecule has 2 unspecified atom stereocenters. The fourth-order valence-corrected chi connectivity index (χ4v) is 3.04. The zero-order chi connectivity index (χ0) is 14.3. The standard InChI is InChI=1S/C17H36N2/c1-14(2)8-10-19(11-9-15(3)4)13-16-6-5-7-17(18)12-16/h14-17H,5-13,18H2,1-4H3. The van der Waals surface area contributed by atoms with Crippen molar-refractivity contribution in [2.75, 3.05) is 19.6 Å².